The highest BCUT2D eigenvalue weighted by Crippen LogP contribution is 2.37. The van der Waals surface area contributed by atoms with Crippen molar-refractivity contribution in [3.63, 3.8) is 0 Å². The third-order valence-corrected chi connectivity index (χ3v) is 4.13. The van der Waals surface area contributed by atoms with E-state index in [0.29, 0.717) is 0 Å². The standard InChI is InChI=1S/C12H23NO/c1-2-13-10-3-5-11(13)6-9-12(14)7-4-8-12/h11,14H,2-10H2,1H3. The molecular weight excluding hydrogens is 174 g/mol. The van der Waals surface area contributed by atoms with E-state index in [-0.39, 0.29) is 5.60 Å². The van der Waals surface area contributed by atoms with Gasteiger partial charge in [0.1, 0.15) is 0 Å². The minimum absolute atomic E-state index is 0.262. The summed E-state index contributed by atoms with van der Waals surface area (Å²) in [6.45, 7) is 4.71. The first-order chi connectivity index (χ1) is 6.73. The van der Waals surface area contributed by atoms with Gasteiger partial charge in [-0.05, 0) is 58.0 Å². The van der Waals surface area contributed by atoms with Gasteiger partial charge in [-0.3, -0.25) is 0 Å². The molecular formula is C12H23NO. The van der Waals surface area contributed by atoms with Gasteiger partial charge < -0.3 is 10.0 Å². The van der Waals surface area contributed by atoms with Gasteiger partial charge in [0.05, 0.1) is 5.60 Å². The predicted octanol–water partition coefficient (Wildman–Crippen LogP) is 2.17. The fourth-order valence-electron chi connectivity index (χ4n) is 2.91. The first kappa shape index (κ1) is 10.4. The second-order valence-electron chi connectivity index (χ2n) is 5.04. The Morgan fingerprint density at radius 1 is 1.36 bits per heavy atom. The van der Waals surface area contributed by atoms with Crippen LogP contribution in [0, 0.1) is 0 Å². The molecule has 0 amide bonds. The largest absolute Gasteiger partial charge is 0.390 e. The molecule has 0 aromatic rings. The maximum atomic E-state index is 10.0. The maximum absolute atomic E-state index is 10.0. The molecule has 2 aliphatic rings. The van der Waals surface area contributed by atoms with Crippen LogP contribution >= 0.6 is 0 Å². The molecule has 1 aliphatic heterocycles. The lowest BCUT2D eigenvalue weighted by molar-refractivity contribution is -0.0453. The smallest absolute Gasteiger partial charge is 0.0648 e. The fourth-order valence-corrected chi connectivity index (χ4v) is 2.91. The summed E-state index contributed by atoms with van der Waals surface area (Å²) in [5.74, 6) is 0. The van der Waals surface area contributed by atoms with Crippen molar-refractivity contribution in [3.8, 4) is 0 Å². The Labute approximate surface area is 87.3 Å². The normalized spacial score (nSPS) is 31.7. The van der Waals surface area contributed by atoms with Crippen LogP contribution in [0.4, 0.5) is 0 Å². The second kappa shape index (κ2) is 4.19. The van der Waals surface area contributed by atoms with Gasteiger partial charge in [0.15, 0.2) is 0 Å². The molecule has 0 aromatic heterocycles. The van der Waals surface area contributed by atoms with Crippen molar-refractivity contribution in [2.45, 2.75) is 63.5 Å². The lowest BCUT2D eigenvalue weighted by atomic mass is 9.76. The second-order valence-corrected chi connectivity index (χ2v) is 5.04. The number of likely N-dealkylation sites (tertiary alicyclic amines) is 1. The fraction of sp³-hybridized carbons (Fsp3) is 1.00. The summed E-state index contributed by atoms with van der Waals surface area (Å²) in [7, 11) is 0. The first-order valence-corrected chi connectivity index (χ1v) is 6.20. The predicted molar refractivity (Wildman–Crippen MR) is 58.3 cm³/mol. The van der Waals surface area contributed by atoms with Gasteiger partial charge in [0.2, 0.25) is 0 Å². The third-order valence-electron chi connectivity index (χ3n) is 4.13. The van der Waals surface area contributed by atoms with Crippen LogP contribution in [0.1, 0.15) is 51.9 Å². The van der Waals surface area contributed by atoms with Gasteiger partial charge in [-0.2, -0.15) is 0 Å². The van der Waals surface area contributed by atoms with Gasteiger partial charge >= 0.3 is 0 Å². The summed E-state index contributed by atoms with van der Waals surface area (Å²) in [6.07, 6.45) is 8.29. The summed E-state index contributed by atoms with van der Waals surface area (Å²) >= 11 is 0. The number of hydrogen-bond acceptors (Lipinski definition) is 2. The van der Waals surface area contributed by atoms with Gasteiger partial charge in [0, 0.05) is 6.04 Å². The molecule has 1 heterocycles. The van der Waals surface area contributed by atoms with Gasteiger partial charge in [-0.15, -0.1) is 0 Å². The van der Waals surface area contributed by atoms with Crippen molar-refractivity contribution in [1.29, 1.82) is 0 Å². The molecule has 1 N–H and O–H groups in total. The maximum Gasteiger partial charge on any atom is 0.0648 e. The Bertz CT molecular complexity index is 189. The van der Waals surface area contributed by atoms with E-state index in [1.165, 1.54) is 38.8 Å². The SMILES string of the molecule is CCN1CCCC1CCC1(O)CCC1. The summed E-state index contributed by atoms with van der Waals surface area (Å²) in [5, 5.41) is 10.0. The zero-order valence-electron chi connectivity index (χ0n) is 9.34. The monoisotopic (exact) mass is 197 g/mol. The molecule has 2 heteroatoms. The average Bonchev–Trinajstić information content (AvgIpc) is 2.58. The molecule has 1 unspecified atom stereocenters. The number of nitrogens with zero attached hydrogens (tertiary/aromatic N) is 1. The molecule has 1 saturated carbocycles. The Hall–Kier alpha value is -0.0800. The molecule has 82 valence electrons. The molecule has 2 rings (SSSR count). The van der Waals surface area contributed by atoms with E-state index >= 15 is 0 Å². The van der Waals surface area contributed by atoms with E-state index in [1.54, 1.807) is 0 Å². The average molecular weight is 197 g/mol. The van der Waals surface area contributed by atoms with Crippen LogP contribution in [0.2, 0.25) is 0 Å². The molecule has 2 nitrogen and oxygen atoms in total. The zero-order valence-corrected chi connectivity index (χ0v) is 9.34. The highest BCUT2D eigenvalue weighted by Gasteiger charge is 2.35. The van der Waals surface area contributed by atoms with E-state index in [0.717, 1.165) is 25.3 Å². The van der Waals surface area contributed by atoms with Gasteiger partial charge in [0.25, 0.3) is 0 Å². The summed E-state index contributed by atoms with van der Waals surface area (Å²) in [5.41, 5.74) is -0.262. The van der Waals surface area contributed by atoms with Crippen LogP contribution in [0.5, 0.6) is 0 Å². The topological polar surface area (TPSA) is 23.5 Å². The Morgan fingerprint density at radius 2 is 2.14 bits per heavy atom. The van der Waals surface area contributed by atoms with Crippen LogP contribution in [0.3, 0.4) is 0 Å². The van der Waals surface area contributed by atoms with Crippen molar-refractivity contribution in [1.82, 2.24) is 4.90 Å². The van der Waals surface area contributed by atoms with Crippen LogP contribution in [-0.2, 0) is 0 Å². The quantitative estimate of drug-likeness (QED) is 0.746. The highest BCUT2D eigenvalue weighted by atomic mass is 16.3. The summed E-state index contributed by atoms with van der Waals surface area (Å²) < 4.78 is 0. The van der Waals surface area contributed by atoms with Crippen LogP contribution in [-0.4, -0.2) is 34.7 Å². The van der Waals surface area contributed by atoms with Crippen molar-refractivity contribution < 1.29 is 5.11 Å². The minimum atomic E-state index is -0.262. The van der Waals surface area contributed by atoms with Crippen molar-refractivity contribution in [3.05, 3.63) is 0 Å². The number of aliphatic hydroxyl groups is 1. The van der Waals surface area contributed by atoms with E-state index in [9.17, 15) is 5.11 Å². The summed E-state index contributed by atoms with van der Waals surface area (Å²) in [6, 6.07) is 0.768. The molecule has 14 heavy (non-hydrogen) atoms. The van der Waals surface area contributed by atoms with Gasteiger partial charge in [-0.1, -0.05) is 6.92 Å². The van der Waals surface area contributed by atoms with Crippen molar-refractivity contribution >= 4 is 0 Å². The molecule has 1 atom stereocenters. The highest BCUT2D eigenvalue weighted by molar-refractivity contribution is 4.90. The Kier molecular flexibility index (Phi) is 3.13. The lowest BCUT2D eigenvalue weighted by Gasteiger charge is -2.38. The molecule has 2 fully saturated rings. The van der Waals surface area contributed by atoms with Crippen LogP contribution in [0.15, 0.2) is 0 Å². The lowest BCUT2D eigenvalue weighted by Crippen LogP contribution is -2.39. The van der Waals surface area contributed by atoms with E-state index < -0.39 is 0 Å². The van der Waals surface area contributed by atoms with E-state index in [1.807, 2.05) is 0 Å². The van der Waals surface area contributed by atoms with Gasteiger partial charge in [-0.25, -0.2) is 0 Å². The van der Waals surface area contributed by atoms with E-state index in [2.05, 4.69) is 11.8 Å². The third kappa shape index (κ3) is 2.12. The number of hydrogen-bond donors (Lipinski definition) is 1. The zero-order chi connectivity index (χ0) is 10.0. The number of rotatable bonds is 4. The Morgan fingerprint density at radius 3 is 2.71 bits per heavy atom. The van der Waals surface area contributed by atoms with Crippen molar-refractivity contribution in [2.75, 3.05) is 13.1 Å². The van der Waals surface area contributed by atoms with E-state index in [4.69, 9.17) is 0 Å². The molecule has 0 bridgehead atoms. The minimum Gasteiger partial charge on any atom is -0.390 e. The first-order valence-electron chi connectivity index (χ1n) is 6.20. The summed E-state index contributed by atoms with van der Waals surface area (Å²) in [4.78, 5) is 2.57. The van der Waals surface area contributed by atoms with Crippen LogP contribution in [0.25, 0.3) is 0 Å². The molecule has 0 radical (unpaired) electrons. The van der Waals surface area contributed by atoms with Crippen LogP contribution < -0.4 is 0 Å². The molecule has 1 aliphatic carbocycles. The molecule has 0 spiro atoms. The Balaban J connectivity index is 1.74. The molecule has 1 saturated heterocycles. The molecule has 0 aromatic carbocycles. The van der Waals surface area contributed by atoms with Crippen molar-refractivity contribution in [2.24, 2.45) is 0 Å².